The molecule has 0 fully saturated rings. The monoisotopic (exact) mass is 524 g/mol. The normalized spacial score (nSPS) is 15.1. The lowest BCUT2D eigenvalue weighted by Crippen LogP contribution is -3.00. The van der Waals surface area contributed by atoms with E-state index in [0.29, 0.717) is 0 Å². The van der Waals surface area contributed by atoms with Gasteiger partial charge < -0.3 is 53.1 Å². The minimum Gasteiger partial charge on any atom is -1.00 e. The van der Waals surface area contributed by atoms with E-state index < -0.39 is 0 Å². The summed E-state index contributed by atoms with van der Waals surface area (Å²) in [5.41, 5.74) is 2.70. The van der Waals surface area contributed by atoms with Crippen LogP contribution in [0.3, 0.4) is 0 Å². The van der Waals surface area contributed by atoms with Gasteiger partial charge in [0, 0.05) is 11.1 Å². The van der Waals surface area contributed by atoms with Crippen molar-refractivity contribution in [2.24, 2.45) is 0 Å². The first-order chi connectivity index (χ1) is 12.5. The van der Waals surface area contributed by atoms with Gasteiger partial charge in [-0.2, -0.15) is 0 Å². The smallest absolute Gasteiger partial charge is 0.104 e. The molecule has 0 radical (unpaired) electrons. The lowest BCUT2D eigenvalue weighted by molar-refractivity contribution is -0.939. The molecule has 6 heteroatoms. The van der Waals surface area contributed by atoms with E-state index in [1.165, 1.54) is 11.1 Å². The van der Waals surface area contributed by atoms with Gasteiger partial charge in [0.1, 0.15) is 26.2 Å². The highest BCUT2D eigenvalue weighted by atomic mass is 79.9. The van der Waals surface area contributed by atoms with Crippen molar-refractivity contribution in [2.45, 2.75) is 53.6 Å². The Labute approximate surface area is 194 Å². The highest BCUT2D eigenvalue weighted by Gasteiger charge is 2.26. The third-order valence-electron chi connectivity index (χ3n) is 5.95. The standard InChI is InChI=1S/C22H42N2O2.2BrH/c1-5-13-23(7-3,15-17-25)19-21-9-11-22(12-10-21)20-24(8-4,14-6-2)16-18-26;;/h9-12,25-26H,5-8,13-20H2,1-4H3;2*1H/q+2;;/p-2. The van der Waals surface area contributed by atoms with Gasteiger partial charge in [0.25, 0.3) is 0 Å². The van der Waals surface area contributed by atoms with Gasteiger partial charge in [-0.25, -0.2) is 0 Å². The molecule has 0 aliphatic rings. The van der Waals surface area contributed by atoms with Crippen molar-refractivity contribution in [1.29, 1.82) is 0 Å². The van der Waals surface area contributed by atoms with Gasteiger partial charge in [-0.1, -0.05) is 38.1 Å². The van der Waals surface area contributed by atoms with Crippen LogP contribution in [0, 0.1) is 0 Å². The van der Waals surface area contributed by atoms with Crippen molar-refractivity contribution in [3.8, 4) is 0 Å². The quantitative estimate of drug-likeness (QED) is 0.257. The van der Waals surface area contributed by atoms with Gasteiger partial charge >= 0.3 is 0 Å². The number of hydrogen-bond donors (Lipinski definition) is 2. The Hall–Kier alpha value is 0.0200. The van der Waals surface area contributed by atoms with E-state index >= 15 is 0 Å². The fourth-order valence-electron chi connectivity index (χ4n) is 4.29. The third kappa shape index (κ3) is 9.23. The number of aliphatic hydroxyl groups excluding tert-OH is 2. The van der Waals surface area contributed by atoms with Gasteiger partial charge in [-0.05, 0) is 26.7 Å². The van der Waals surface area contributed by atoms with E-state index in [1.54, 1.807) is 0 Å². The maximum absolute atomic E-state index is 9.50. The molecule has 1 aromatic carbocycles. The molecule has 0 spiro atoms. The summed E-state index contributed by atoms with van der Waals surface area (Å²) in [5, 5.41) is 19.0. The Balaban J connectivity index is 0. The number of rotatable bonds is 14. The van der Waals surface area contributed by atoms with Gasteiger partial charge in [0.05, 0.1) is 39.4 Å². The first-order valence-electron chi connectivity index (χ1n) is 10.5. The Morgan fingerprint density at radius 3 is 1.14 bits per heavy atom. The Morgan fingerprint density at radius 1 is 0.607 bits per heavy atom. The van der Waals surface area contributed by atoms with Crippen LogP contribution in [0.25, 0.3) is 0 Å². The number of hydrogen-bond acceptors (Lipinski definition) is 2. The lowest BCUT2D eigenvalue weighted by Gasteiger charge is -2.38. The van der Waals surface area contributed by atoms with E-state index in [0.717, 1.165) is 74.2 Å². The molecule has 0 saturated heterocycles. The van der Waals surface area contributed by atoms with Crippen molar-refractivity contribution >= 4 is 0 Å². The van der Waals surface area contributed by atoms with E-state index in [-0.39, 0.29) is 47.2 Å². The zero-order valence-corrected chi connectivity index (χ0v) is 21.5. The van der Waals surface area contributed by atoms with Crippen LogP contribution >= 0.6 is 0 Å². The van der Waals surface area contributed by atoms with E-state index in [2.05, 4.69) is 52.0 Å². The van der Waals surface area contributed by atoms with Crippen LogP contribution in [0.4, 0.5) is 0 Å². The fraction of sp³-hybridized carbons (Fsp3) is 0.727. The number of quaternary nitrogens is 2. The zero-order valence-electron chi connectivity index (χ0n) is 18.3. The first-order valence-corrected chi connectivity index (χ1v) is 10.5. The Bertz CT molecular complexity index is 441. The predicted octanol–water partition coefficient (Wildman–Crippen LogP) is -2.83. The topological polar surface area (TPSA) is 40.5 Å². The molecular weight excluding hydrogens is 484 g/mol. The molecule has 0 amide bonds. The first kappa shape index (κ1) is 30.2. The van der Waals surface area contributed by atoms with Gasteiger partial charge in [-0.15, -0.1) is 0 Å². The SMILES string of the molecule is CCC[N+](CC)(CCO)Cc1ccc(C[N+](CC)(CCC)CCO)cc1.[Br-].[Br-]. The van der Waals surface area contributed by atoms with Crippen molar-refractivity contribution < 1.29 is 53.1 Å². The van der Waals surface area contributed by atoms with Crippen LogP contribution in [-0.4, -0.2) is 71.7 Å². The second-order valence-electron chi connectivity index (χ2n) is 7.79. The molecule has 2 N–H and O–H groups in total. The molecule has 0 heterocycles. The van der Waals surface area contributed by atoms with E-state index in [4.69, 9.17) is 0 Å². The summed E-state index contributed by atoms with van der Waals surface area (Å²) in [6.07, 6.45) is 2.28. The molecular formula is C22H42Br2N2O2. The molecule has 1 rings (SSSR count). The van der Waals surface area contributed by atoms with Gasteiger partial charge in [0.15, 0.2) is 0 Å². The molecule has 0 aliphatic carbocycles. The average Bonchev–Trinajstić information content (AvgIpc) is 2.64. The van der Waals surface area contributed by atoms with Crippen molar-refractivity contribution in [3.05, 3.63) is 35.4 Å². The summed E-state index contributed by atoms with van der Waals surface area (Å²) in [7, 11) is 0. The van der Waals surface area contributed by atoms with Crippen molar-refractivity contribution in [2.75, 3.05) is 52.5 Å². The number of halogens is 2. The zero-order chi connectivity index (χ0) is 19.5. The molecule has 4 nitrogen and oxygen atoms in total. The van der Waals surface area contributed by atoms with Crippen molar-refractivity contribution in [1.82, 2.24) is 0 Å². The van der Waals surface area contributed by atoms with Crippen LogP contribution in [0.15, 0.2) is 24.3 Å². The fourth-order valence-corrected chi connectivity index (χ4v) is 4.29. The highest BCUT2D eigenvalue weighted by Crippen LogP contribution is 2.19. The lowest BCUT2D eigenvalue weighted by atomic mass is 10.1. The van der Waals surface area contributed by atoms with Crippen LogP contribution in [-0.2, 0) is 13.1 Å². The number of aliphatic hydroxyl groups is 2. The van der Waals surface area contributed by atoms with Crippen LogP contribution in [0.1, 0.15) is 51.7 Å². The number of likely N-dealkylation sites (N-methyl/N-ethyl adjacent to an activating group) is 2. The molecule has 0 aliphatic heterocycles. The maximum Gasteiger partial charge on any atom is 0.104 e. The average molecular weight is 526 g/mol. The van der Waals surface area contributed by atoms with Gasteiger partial charge in [-0.3, -0.25) is 0 Å². The van der Waals surface area contributed by atoms with Crippen LogP contribution < -0.4 is 34.0 Å². The van der Waals surface area contributed by atoms with E-state index in [9.17, 15) is 10.2 Å². The second-order valence-corrected chi connectivity index (χ2v) is 7.79. The molecule has 0 aromatic heterocycles. The molecule has 2 atom stereocenters. The summed E-state index contributed by atoms with van der Waals surface area (Å²) in [6.45, 7) is 17.4. The number of nitrogens with zero attached hydrogens (tertiary/aromatic N) is 2. The minimum atomic E-state index is 0. The minimum absolute atomic E-state index is 0. The highest BCUT2D eigenvalue weighted by molar-refractivity contribution is 5.21. The Kier molecular flexibility index (Phi) is 17.1. The number of benzene rings is 1. The molecule has 166 valence electrons. The molecule has 2 unspecified atom stereocenters. The summed E-state index contributed by atoms with van der Waals surface area (Å²) >= 11 is 0. The summed E-state index contributed by atoms with van der Waals surface area (Å²) in [4.78, 5) is 0. The summed E-state index contributed by atoms with van der Waals surface area (Å²) < 4.78 is 1.92. The Morgan fingerprint density at radius 2 is 0.929 bits per heavy atom. The van der Waals surface area contributed by atoms with E-state index in [1.807, 2.05) is 0 Å². The van der Waals surface area contributed by atoms with Crippen LogP contribution in [0.5, 0.6) is 0 Å². The largest absolute Gasteiger partial charge is 1.00 e. The molecule has 28 heavy (non-hydrogen) atoms. The predicted molar refractivity (Wildman–Crippen MR) is 110 cm³/mol. The van der Waals surface area contributed by atoms with Gasteiger partial charge in [0.2, 0.25) is 0 Å². The molecule has 1 aromatic rings. The second kappa shape index (κ2) is 15.8. The third-order valence-corrected chi connectivity index (χ3v) is 5.95. The summed E-state index contributed by atoms with van der Waals surface area (Å²) in [5.74, 6) is 0. The van der Waals surface area contributed by atoms with Crippen LogP contribution in [0.2, 0.25) is 0 Å². The molecule has 0 saturated carbocycles. The van der Waals surface area contributed by atoms with Crippen molar-refractivity contribution in [3.63, 3.8) is 0 Å². The molecule has 0 bridgehead atoms. The maximum atomic E-state index is 9.50. The summed E-state index contributed by atoms with van der Waals surface area (Å²) in [6, 6.07) is 9.06.